The summed E-state index contributed by atoms with van der Waals surface area (Å²) in [5.41, 5.74) is 5.63. The number of aromatic nitrogens is 5. The van der Waals surface area contributed by atoms with Crippen molar-refractivity contribution >= 4 is 28.4 Å². The molecular formula is C34H37FN8. The van der Waals surface area contributed by atoms with Crippen molar-refractivity contribution in [2.24, 2.45) is 7.05 Å². The number of nitrogens with one attached hydrogen (secondary N) is 1. The van der Waals surface area contributed by atoms with Crippen LogP contribution in [0.3, 0.4) is 0 Å². The average Bonchev–Trinajstić information content (AvgIpc) is 3.71. The van der Waals surface area contributed by atoms with Crippen LogP contribution in [-0.2, 0) is 13.6 Å². The van der Waals surface area contributed by atoms with E-state index in [-0.39, 0.29) is 17.2 Å². The zero-order valence-corrected chi connectivity index (χ0v) is 25.0. The van der Waals surface area contributed by atoms with Crippen LogP contribution in [0.25, 0.3) is 22.2 Å². The SMILES string of the molecule is CC(C)c1c2cc(-c3nc(Nc4ccc(N5CCC6(CCCN6Cc6ccccc6)C5)cn4)ncc3F)ccc2nn1C. The van der Waals surface area contributed by atoms with Crippen molar-refractivity contribution in [3.8, 4) is 11.3 Å². The number of hydrogen-bond acceptors (Lipinski definition) is 7. The molecule has 8 nitrogen and oxygen atoms in total. The van der Waals surface area contributed by atoms with Crippen LogP contribution in [0.4, 0.5) is 21.8 Å². The Bertz CT molecular complexity index is 1750. The molecule has 1 spiro atoms. The van der Waals surface area contributed by atoms with Gasteiger partial charge in [0.15, 0.2) is 5.82 Å². The summed E-state index contributed by atoms with van der Waals surface area (Å²) >= 11 is 0. The number of fused-ring (bicyclic) bond motifs is 1. The molecule has 0 bridgehead atoms. The third-order valence-electron chi connectivity index (χ3n) is 9.09. The number of benzene rings is 2. The first-order chi connectivity index (χ1) is 20.9. The molecule has 7 rings (SSSR count). The summed E-state index contributed by atoms with van der Waals surface area (Å²) in [6.45, 7) is 8.45. The molecule has 220 valence electrons. The smallest absolute Gasteiger partial charge is 0.229 e. The molecule has 5 aromatic rings. The standard InChI is InChI=1S/C34H37FN8/c1-23(2)32-27-18-25(10-12-29(27)40-41(32)3)31-28(35)20-37-33(39-31)38-30-13-11-26(19-36-30)42-17-15-34(22-42)14-7-16-43(34)21-24-8-5-4-6-9-24/h4-6,8-13,18-20,23H,7,14-17,21-22H2,1-3H3,(H,36,37,38,39). The second-order valence-electron chi connectivity index (χ2n) is 12.2. The summed E-state index contributed by atoms with van der Waals surface area (Å²) < 4.78 is 16.9. The van der Waals surface area contributed by atoms with Crippen molar-refractivity contribution in [3.05, 3.63) is 90.1 Å². The predicted octanol–water partition coefficient (Wildman–Crippen LogP) is 6.68. The minimum Gasteiger partial charge on any atom is -0.368 e. The molecule has 0 radical (unpaired) electrons. The molecule has 2 aromatic carbocycles. The van der Waals surface area contributed by atoms with Crippen molar-refractivity contribution in [2.75, 3.05) is 29.9 Å². The van der Waals surface area contributed by atoms with Gasteiger partial charge in [-0.05, 0) is 61.6 Å². The molecule has 9 heteroatoms. The predicted molar refractivity (Wildman–Crippen MR) is 169 cm³/mol. The Morgan fingerprint density at radius 2 is 1.84 bits per heavy atom. The van der Waals surface area contributed by atoms with Crippen LogP contribution in [0.15, 0.2) is 73.1 Å². The Morgan fingerprint density at radius 3 is 2.63 bits per heavy atom. The molecule has 1 atom stereocenters. The van der Waals surface area contributed by atoms with Crippen molar-refractivity contribution < 1.29 is 4.39 Å². The van der Waals surface area contributed by atoms with Crippen LogP contribution in [0.5, 0.6) is 0 Å². The molecule has 2 fully saturated rings. The van der Waals surface area contributed by atoms with Gasteiger partial charge in [-0.2, -0.15) is 5.10 Å². The fourth-order valence-electron chi connectivity index (χ4n) is 7.03. The van der Waals surface area contributed by atoms with Crippen molar-refractivity contribution in [3.63, 3.8) is 0 Å². The molecule has 2 aliphatic rings. The first kappa shape index (κ1) is 27.5. The molecule has 3 aromatic heterocycles. The zero-order chi connectivity index (χ0) is 29.6. The lowest BCUT2D eigenvalue weighted by Crippen LogP contribution is -2.45. The second kappa shape index (κ2) is 11.0. The van der Waals surface area contributed by atoms with E-state index in [9.17, 15) is 4.39 Å². The van der Waals surface area contributed by atoms with Crippen LogP contribution in [0.1, 0.15) is 50.3 Å². The molecule has 43 heavy (non-hydrogen) atoms. The maximum Gasteiger partial charge on any atom is 0.229 e. The summed E-state index contributed by atoms with van der Waals surface area (Å²) in [4.78, 5) is 18.5. The minimum atomic E-state index is -0.473. The van der Waals surface area contributed by atoms with E-state index in [0.717, 1.165) is 54.9 Å². The monoisotopic (exact) mass is 576 g/mol. The van der Waals surface area contributed by atoms with Gasteiger partial charge in [0.25, 0.3) is 0 Å². The molecule has 0 saturated carbocycles. The van der Waals surface area contributed by atoms with Crippen molar-refractivity contribution in [1.29, 1.82) is 0 Å². The van der Waals surface area contributed by atoms with Gasteiger partial charge < -0.3 is 10.2 Å². The van der Waals surface area contributed by atoms with E-state index in [1.165, 1.54) is 24.6 Å². The number of likely N-dealkylation sites (tertiary alicyclic amines) is 1. The van der Waals surface area contributed by atoms with Crippen LogP contribution in [0.2, 0.25) is 0 Å². The van der Waals surface area contributed by atoms with Crippen molar-refractivity contribution in [2.45, 2.75) is 51.1 Å². The van der Waals surface area contributed by atoms with Gasteiger partial charge in [-0.1, -0.05) is 50.2 Å². The Labute approximate surface area is 251 Å². The summed E-state index contributed by atoms with van der Waals surface area (Å²) in [5.74, 6) is 0.727. The highest BCUT2D eigenvalue weighted by Crippen LogP contribution is 2.40. The van der Waals surface area contributed by atoms with E-state index in [0.29, 0.717) is 17.3 Å². The maximum atomic E-state index is 15.0. The fourth-order valence-corrected chi connectivity index (χ4v) is 7.03. The highest BCUT2D eigenvalue weighted by Gasteiger charge is 2.45. The number of anilines is 3. The second-order valence-corrected chi connectivity index (χ2v) is 12.2. The molecule has 0 aliphatic carbocycles. The Kier molecular flexibility index (Phi) is 7.05. The van der Waals surface area contributed by atoms with Crippen LogP contribution in [-0.4, -0.2) is 54.8 Å². The summed E-state index contributed by atoms with van der Waals surface area (Å²) in [5, 5.41) is 8.78. The number of pyridine rings is 1. The zero-order valence-electron chi connectivity index (χ0n) is 25.0. The van der Waals surface area contributed by atoms with Crippen LogP contribution in [0, 0.1) is 5.82 Å². The Hall–Kier alpha value is -4.37. The third kappa shape index (κ3) is 5.22. The molecule has 1 unspecified atom stereocenters. The minimum absolute atomic E-state index is 0.222. The average molecular weight is 577 g/mol. The van der Waals surface area contributed by atoms with E-state index in [1.807, 2.05) is 42.2 Å². The largest absolute Gasteiger partial charge is 0.368 e. The molecular weight excluding hydrogens is 539 g/mol. The lowest BCUT2D eigenvalue weighted by Gasteiger charge is -2.35. The molecule has 2 saturated heterocycles. The maximum absolute atomic E-state index is 15.0. The molecule has 0 amide bonds. The third-order valence-corrected chi connectivity index (χ3v) is 9.09. The van der Waals surface area contributed by atoms with Gasteiger partial charge in [0.2, 0.25) is 5.95 Å². The van der Waals surface area contributed by atoms with Gasteiger partial charge >= 0.3 is 0 Å². The quantitative estimate of drug-likeness (QED) is 0.232. The lowest BCUT2D eigenvalue weighted by atomic mass is 9.94. The summed E-state index contributed by atoms with van der Waals surface area (Å²) in [7, 11) is 1.94. The lowest BCUT2D eigenvalue weighted by molar-refractivity contribution is 0.150. The number of rotatable bonds is 7. The number of aryl methyl sites for hydroxylation is 1. The molecule has 1 N–H and O–H groups in total. The Morgan fingerprint density at radius 1 is 0.977 bits per heavy atom. The van der Waals surface area contributed by atoms with Crippen LogP contribution >= 0.6 is 0 Å². The van der Waals surface area contributed by atoms with E-state index in [1.54, 1.807) is 0 Å². The van der Waals surface area contributed by atoms with Crippen LogP contribution < -0.4 is 10.2 Å². The molecule has 2 aliphatic heterocycles. The molecule has 5 heterocycles. The fraction of sp³-hybridized carbons (Fsp3) is 0.353. The summed E-state index contributed by atoms with van der Waals surface area (Å²) in [6.07, 6.45) is 6.76. The van der Waals surface area contributed by atoms with Gasteiger partial charge in [0.05, 0.1) is 23.6 Å². The van der Waals surface area contributed by atoms with E-state index in [2.05, 4.69) is 85.4 Å². The number of nitrogens with zero attached hydrogens (tertiary/aromatic N) is 7. The summed E-state index contributed by atoms with van der Waals surface area (Å²) in [6, 6.07) is 20.6. The first-order valence-electron chi connectivity index (χ1n) is 15.2. The number of halogens is 1. The Balaban J connectivity index is 1.06. The van der Waals surface area contributed by atoms with E-state index >= 15 is 0 Å². The van der Waals surface area contributed by atoms with E-state index in [4.69, 9.17) is 0 Å². The van der Waals surface area contributed by atoms with E-state index < -0.39 is 5.82 Å². The van der Waals surface area contributed by atoms with Gasteiger partial charge in [-0.25, -0.2) is 19.3 Å². The van der Waals surface area contributed by atoms with Gasteiger partial charge in [0.1, 0.15) is 11.5 Å². The first-order valence-corrected chi connectivity index (χ1v) is 15.2. The van der Waals surface area contributed by atoms with Gasteiger partial charge in [-0.3, -0.25) is 9.58 Å². The van der Waals surface area contributed by atoms with Gasteiger partial charge in [-0.15, -0.1) is 0 Å². The van der Waals surface area contributed by atoms with Gasteiger partial charge in [0, 0.05) is 48.9 Å². The normalized spacial score (nSPS) is 18.9. The topological polar surface area (TPSA) is 75.0 Å². The highest BCUT2D eigenvalue weighted by molar-refractivity contribution is 5.87. The highest BCUT2D eigenvalue weighted by atomic mass is 19.1. The number of hydrogen-bond donors (Lipinski definition) is 1. The van der Waals surface area contributed by atoms with Crippen molar-refractivity contribution in [1.82, 2.24) is 29.6 Å².